The van der Waals surface area contributed by atoms with Crippen LogP contribution < -0.4 is 15.1 Å². The first kappa shape index (κ1) is 19.9. The molecule has 1 fully saturated rings. The maximum atomic E-state index is 12.5. The molecule has 148 valence electrons. The van der Waals surface area contributed by atoms with Gasteiger partial charge in [0.05, 0.1) is 0 Å². The molecule has 0 spiro atoms. The fraction of sp³-hybridized carbons (Fsp3) is 0.364. The van der Waals surface area contributed by atoms with Crippen LogP contribution in [0.1, 0.15) is 13.3 Å². The molecule has 0 aliphatic carbocycles. The van der Waals surface area contributed by atoms with E-state index in [9.17, 15) is 9.59 Å². The number of amides is 2. The summed E-state index contributed by atoms with van der Waals surface area (Å²) in [4.78, 5) is 31.1. The highest BCUT2D eigenvalue weighted by Crippen LogP contribution is 2.20. The summed E-state index contributed by atoms with van der Waals surface area (Å²) in [6.45, 7) is 6.54. The summed E-state index contributed by atoms with van der Waals surface area (Å²) in [7, 11) is 2.13. The van der Waals surface area contributed by atoms with Gasteiger partial charge in [-0.15, -0.1) is 0 Å². The maximum Gasteiger partial charge on any atom is 0.236 e. The third-order valence-corrected chi connectivity index (χ3v) is 5.02. The number of nitrogens with zero attached hydrogens (tertiary/aromatic N) is 3. The van der Waals surface area contributed by atoms with Gasteiger partial charge in [-0.05, 0) is 50.4 Å². The van der Waals surface area contributed by atoms with Gasteiger partial charge in [0.15, 0.2) is 0 Å². The molecule has 6 nitrogen and oxygen atoms in total. The molecule has 1 aliphatic heterocycles. The number of carbonyl (C=O) groups is 2. The van der Waals surface area contributed by atoms with E-state index in [1.165, 1.54) is 0 Å². The number of hydrogen-bond acceptors (Lipinski definition) is 4. The second-order valence-corrected chi connectivity index (χ2v) is 7.04. The topological polar surface area (TPSA) is 55.9 Å². The Balaban J connectivity index is 1.55. The Morgan fingerprint density at radius 2 is 1.61 bits per heavy atom. The molecular weight excluding hydrogens is 352 g/mol. The highest BCUT2D eigenvalue weighted by atomic mass is 16.2. The lowest BCUT2D eigenvalue weighted by Gasteiger charge is -2.34. The number of piperazine rings is 1. The van der Waals surface area contributed by atoms with Crippen LogP contribution in [0.2, 0.25) is 0 Å². The van der Waals surface area contributed by atoms with Crippen LogP contribution in [0.5, 0.6) is 0 Å². The Labute approximate surface area is 166 Å². The van der Waals surface area contributed by atoms with E-state index >= 15 is 0 Å². The number of rotatable bonds is 6. The average molecular weight is 380 g/mol. The molecular formula is C22H28N4O2. The lowest BCUT2D eigenvalue weighted by molar-refractivity contribution is -0.125. The van der Waals surface area contributed by atoms with E-state index < -0.39 is 0 Å². The molecule has 0 radical (unpaired) electrons. The number of para-hydroxylation sites is 1. The third-order valence-electron chi connectivity index (χ3n) is 5.02. The number of anilines is 3. The van der Waals surface area contributed by atoms with Crippen LogP contribution in [0.25, 0.3) is 0 Å². The van der Waals surface area contributed by atoms with Gasteiger partial charge >= 0.3 is 0 Å². The molecule has 0 atom stereocenters. The van der Waals surface area contributed by atoms with Gasteiger partial charge in [0.1, 0.15) is 6.42 Å². The summed E-state index contributed by atoms with van der Waals surface area (Å²) < 4.78 is 0. The molecule has 1 N–H and O–H groups in total. The minimum Gasteiger partial charge on any atom is -0.369 e. The van der Waals surface area contributed by atoms with Crippen molar-refractivity contribution in [3.05, 3.63) is 54.6 Å². The molecule has 0 aromatic heterocycles. The van der Waals surface area contributed by atoms with Gasteiger partial charge in [0.2, 0.25) is 11.8 Å². The van der Waals surface area contributed by atoms with Crippen LogP contribution in [-0.2, 0) is 9.59 Å². The number of carbonyl (C=O) groups excluding carboxylic acids is 2. The molecule has 2 amide bonds. The molecule has 1 aliphatic rings. The molecule has 0 bridgehead atoms. The number of hydrogen-bond donors (Lipinski definition) is 1. The van der Waals surface area contributed by atoms with E-state index in [0.29, 0.717) is 12.2 Å². The fourth-order valence-electron chi connectivity index (χ4n) is 3.37. The van der Waals surface area contributed by atoms with Gasteiger partial charge < -0.3 is 20.0 Å². The van der Waals surface area contributed by atoms with E-state index in [0.717, 1.165) is 37.6 Å². The minimum absolute atomic E-state index is 0.178. The molecule has 28 heavy (non-hydrogen) atoms. The molecule has 0 saturated carbocycles. The Bertz CT molecular complexity index is 784. The van der Waals surface area contributed by atoms with Gasteiger partial charge in [0.25, 0.3) is 0 Å². The molecule has 6 heteroatoms. The molecule has 3 rings (SSSR count). The van der Waals surface area contributed by atoms with Crippen LogP contribution in [0, 0.1) is 0 Å². The van der Waals surface area contributed by atoms with Gasteiger partial charge in [0, 0.05) is 49.8 Å². The highest BCUT2D eigenvalue weighted by molar-refractivity contribution is 6.09. The summed E-state index contributed by atoms with van der Waals surface area (Å²) in [5.74, 6) is -0.507. The lowest BCUT2D eigenvalue weighted by Crippen LogP contribution is -2.44. The minimum atomic E-state index is -0.299. The van der Waals surface area contributed by atoms with Gasteiger partial charge in [-0.1, -0.05) is 18.2 Å². The zero-order chi connectivity index (χ0) is 19.9. The van der Waals surface area contributed by atoms with E-state index in [-0.39, 0.29) is 18.2 Å². The van der Waals surface area contributed by atoms with Crippen LogP contribution in [-0.4, -0.2) is 56.5 Å². The molecule has 0 unspecified atom stereocenters. The first-order chi connectivity index (χ1) is 13.6. The predicted octanol–water partition coefficient (Wildman–Crippen LogP) is 2.82. The Kier molecular flexibility index (Phi) is 6.66. The molecule has 2 aromatic rings. The quantitative estimate of drug-likeness (QED) is 0.783. The molecule has 2 aromatic carbocycles. The summed E-state index contributed by atoms with van der Waals surface area (Å²) >= 11 is 0. The highest BCUT2D eigenvalue weighted by Gasteiger charge is 2.18. The zero-order valence-corrected chi connectivity index (χ0v) is 16.6. The van der Waals surface area contributed by atoms with E-state index in [2.05, 4.69) is 22.2 Å². The smallest absolute Gasteiger partial charge is 0.236 e. The largest absolute Gasteiger partial charge is 0.369 e. The summed E-state index contributed by atoms with van der Waals surface area (Å²) in [6.07, 6.45) is -0.178. The van der Waals surface area contributed by atoms with Crippen molar-refractivity contribution in [1.29, 1.82) is 0 Å². The van der Waals surface area contributed by atoms with Crippen molar-refractivity contribution < 1.29 is 9.59 Å². The van der Waals surface area contributed by atoms with Crippen molar-refractivity contribution in [2.24, 2.45) is 0 Å². The standard InChI is InChI=1S/C22H28N4O2/c1-3-26(20-7-5-4-6-8-20)22(28)17-21(27)23-18-9-11-19(12-10-18)25-15-13-24(2)14-16-25/h4-12H,3,13-17H2,1-2H3,(H,23,27). The lowest BCUT2D eigenvalue weighted by atomic mass is 10.2. The van der Waals surface area contributed by atoms with Crippen molar-refractivity contribution in [2.75, 3.05) is 54.9 Å². The van der Waals surface area contributed by atoms with Crippen molar-refractivity contribution in [3.8, 4) is 0 Å². The zero-order valence-electron chi connectivity index (χ0n) is 16.6. The van der Waals surface area contributed by atoms with Crippen molar-refractivity contribution in [2.45, 2.75) is 13.3 Å². The molecule has 1 heterocycles. The average Bonchev–Trinajstić information content (AvgIpc) is 2.70. The third kappa shape index (κ3) is 5.10. The monoisotopic (exact) mass is 380 g/mol. The predicted molar refractivity (Wildman–Crippen MR) is 114 cm³/mol. The van der Waals surface area contributed by atoms with Crippen molar-refractivity contribution in [3.63, 3.8) is 0 Å². The Morgan fingerprint density at radius 3 is 2.21 bits per heavy atom. The first-order valence-electron chi connectivity index (χ1n) is 9.75. The van der Waals surface area contributed by atoms with Crippen LogP contribution >= 0.6 is 0 Å². The van der Waals surface area contributed by atoms with E-state index in [1.54, 1.807) is 4.90 Å². The Hall–Kier alpha value is -2.86. The van der Waals surface area contributed by atoms with Crippen molar-refractivity contribution in [1.82, 2.24) is 4.90 Å². The second-order valence-electron chi connectivity index (χ2n) is 7.04. The van der Waals surface area contributed by atoms with Crippen LogP contribution in [0.3, 0.4) is 0 Å². The second kappa shape index (κ2) is 9.37. The van der Waals surface area contributed by atoms with Crippen LogP contribution in [0.15, 0.2) is 54.6 Å². The normalized spacial score (nSPS) is 14.6. The van der Waals surface area contributed by atoms with E-state index in [4.69, 9.17) is 0 Å². The van der Waals surface area contributed by atoms with Gasteiger partial charge in [-0.3, -0.25) is 9.59 Å². The summed E-state index contributed by atoms with van der Waals surface area (Å²) in [6, 6.07) is 17.2. The maximum absolute atomic E-state index is 12.5. The van der Waals surface area contributed by atoms with Crippen LogP contribution in [0.4, 0.5) is 17.1 Å². The number of nitrogens with one attached hydrogen (secondary N) is 1. The number of likely N-dealkylation sites (N-methyl/N-ethyl adjacent to an activating group) is 1. The number of benzene rings is 2. The van der Waals surface area contributed by atoms with E-state index in [1.807, 2.05) is 61.5 Å². The summed E-state index contributed by atoms with van der Waals surface area (Å²) in [5, 5.41) is 2.83. The SMILES string of the molecule is CCN(C(=O)CC(=O)Nc1ccc(N2CCN(C)CC2)cc1)c1ccccc1. The fourth-order valence-corrected chi connectivity index (χ4v) is 3.37. The first-order valence-corrected chi connectivity index (χ1v) is 9.75. The Morgan fingerprint density at radius 1 is 0.964 bits per heavy atom. The van der Waals surface area contributed by atoms with Gasteiger partial charge in [-0.2, -0.15) is 0 Å². The van der Waals surface area contributed by atoms with Gasteiger partial charge in [-0.25, -0.2) is 0 Å². The van der Waals surface area contributed by atoms with Crippen molar-refractivity contribution >= 4 is 28.9 Å². The summed E-state index contributed by atoms with van der Waals surface area (Å²) in [5.41, 5.74) is 2.67. The molecule has 1 saturated heterocycles.